The molecule has 0 bridgehead atoms. The van der Waals surface area contributed by atoms with Crippen molar-refractivity contribution < 1.29 is 9.53 Å². The molecule has 13 heavy (non-hydrogen) atoms. The molecule has 0 amide bonds. The summed E-state index contributed by atoms with van der Waals surface area (Å²) in [6.45, 7) is 6.23. The third-order valence-electron chi connectivity index (χ3n) is 1.76. The fourth-order valence-corrected chi connectivity index (χ4v) is 0.978. The average molecular weight is 183 g/mol. The molecule has 0 spiro atoms. The van der Waals surface area contributed by atoms with Gasteiger partial charge in [-0.1, -0.05) is 13.8 Å². The van der Waals surface area contributed by atoms with Gasteiger partial charge in [-0.05, 0) is 25.7 Å². The average Bonchev–Trinajstić information content (AvgIpc) is 2.05. The van der Waals surface area contributed by atoms with E-state index >= 15 is 0 Å². The molecule has 0 aromatic rings. The number of hydrogen-bond acceptors (Lipinski definition) is 3. The van der Waals surface area contributed by atoms with E-state index in [1.807, 2.05) is 6.07 Å². The number of esters is 1. The Balaban J connectivity index is 3.90. The number of carbonyl (C=O) groups is 1. The number of hydrogen-bond donors (Lipinski definition) is 0. The molecule has 3 heteroatoms. The van der Waals surface area contributed by atoms with Crippen molar-refractivity contribution in [3.05, 3.63) is 0 Å². The molecule has 0 aromatic carbocycles. The van der Waals surface area contributed by atoms with Gasteiger partial charge in [0.2, 0.25) is 0 Å². The first-order valence-electron chi connectivity index (χ1n) is 4.68. The van der Waals surface area contributed by atoms with Crippen LogP contribution in [0.2, 0.25) is 0 Å². The third kappa shape index (κ3) is 5.24. The van der Waals surface area contributed by atoms with E-state index in [1.165, 1.54) is 0 Å². The SMILES string of the molecule is CCOC(=O)[C@H](C#N)CCC(C)C. The molecule has 0 unspecified atom stereocenters. The van der Waals surface area contributed by atoms with E-state index < -0.39 is 5.92 Å². The predicted molar refractivity (Wildman–Crippen MR) is 49.8 cm³/mol. The lowest BCUT2D eigenvalue weighted by atomic mass is 9.99. The number of ether oxygens (including phenoxy) is 1. The molecule has 0 saturated heterocycles. The van der Waals surface area contributed by atoms with Crippen LogP contribution in [0.4, 0.5) is 0 Å². The summed E-state index contributed by atoms with van der Waals surface area (Å²) in [6, 6.07) is 1.97. The number of nitrogens with zero attached hydrogens (tertiary/aromatic N) is 1. The minimum atomic E-state index is -0.581. The Labute approximate surface area is 79.7 Å². The van der Waals surface area contributed by atoms with E-state index in [9.17, 15) is 4.79 Å². The first kappa shape index (κ1) is 12.0. The molecule has 0 rings (SSSR count). The van der Waals surface area contributed by atoms with Crippen LogP contribution in [0.1, 0.15) is 33.6 Å². The second-order valence-electron chi connectivity index (χ2n) is 3.40. The van der Waals surface area contributed by atoms with Crippen LogP contribution in [-0.2, 0) is 9.53 Å². The fraction of sp³-hybridized carbons (Fsp3) is 0.800. The van der Waals surface area contributed by atoms with Gasteiger partial charge >= 0.3 is 5.97 Å². The van der Waals surface area contributed by atoms with Crippen LogP contribution in [0.25, 0.3) is 0 Å². The van der Waals surface area contributed by atoms with Crippen molar-refractivity contribution in [2.45, 2.75) is 33.6 Å². The highest BCUT2D eigenvalue weighted by molar-refractivity contribution is 5.75. The maximum absolute atomic E-state index is 11.1. The summed E-state index contributed by atoms with van der Waals surface area (Å²) in [5, 5.41) is 8.69. The summed E-state index contributed by atoms with van der Waals surface area (Å²) in [7, 11) is 0. The van der Waals surface area contributed by atoms with Gasteiger partial charge in [0.15, 0.2) is 0 Å². The molecule has 1 atom stereocenters. The molecule has 0 aromatic heterocycles. The van der Waals surface area contributed by atoms with E-state index in [0.29, 0.717) is 18.9 Å². The largest absolute Gasteiger partial charge is 0.465 e. The van der Waals surface area contributed by atoms with E-state index in [-0.39, 0.29) is 5.97 Å². The lowest BCUT2D eigenvalue weighted by Gasteiger charge is -2.09. The van der Waals surface area contributed by atoms with Gasteiger partial charge < -0.3 is 4.74 Å². The topological polar surface area (TPSA) is 50.1 Å². The van der Waals surface area contributed by atoms with Crippen LogP contribution in [0.5, 0.6) is 0 Å². The van der Waals surface area contributed by atoms with Crippen LogP contribution in [0.3, 0.4) is 0 Å². The van der Waals surface area contributed by atoms with Crippen molar-refractivity contribution in [2.75, 3.05) is 6.61 Å². The van der Waals surface area contributed by atoms with E-state index in [4.69, 9.17) is 10.00 Å². The Morgan fingerprint density at radius 1 is 1.46 bits per heavy atom. The number of rotatable bonds is 5. The van der Waals surface area contributed by atoms with Gasteiger partial charge in [0.1, 0.15) is 5.92 Å². The number of nitriles is 1. The summed E-state index contributed by atoms with van der Waals surface area (Å²) in [6.07, 6.45) is 1.49. The van der Waals surface area contributed by atoms with Crippen molar-refractivity contribution >= 4 is 5.97 Å². The van der Waals surface area contributed by atoms with Crippen molar-refractivity contribution in [1.29, 1.82) is 5.26 Å². The molecule has 0 aliphatic rings. The summed E-state index contributed by atoms with van der Waals surface area (Å²) in [5.41, 5.74) is 0. The Bertz CT molecular complexity index is 194. The Hall–Kier alpha value is -1.04. The van der Waals surface area contributed by atoms with E-state index in [2.05, 4.69) is 13.8 Å². The molecular formula is C10H17NO2. The van der Waals surface area contributed by atoms with Crippen molar-refractivity contribution in [3.63, 3.8) is 0 Å². The molecule has 0 radical (unpaired) electrons. The zero-order valence-corrected chi connectivity index (χ0v) is 8.54. The van der Waals surface area contributed by atoms with Crippen molar-refractivity contribution in [3.8, 4) is 6.07 Å². The van der Waals surface area contributed by atoms with E-state index in [0.717, 1.165) is 6.42 Å². The van der Waals surface area contributed by atoms with Gasteiger partial charge in [0.05, 0.1) is 12.7 Å². The normalized spacial score (nSPS) is 12.2. The first-order valence-corrected chi connectivity index (χ1v) is 4.68. The van der Waals surface area contributed by atoms with Crippen molar-refractivity contribution in [1.82, 2.24) is 0 Å². The van der Waals surface area contributed by atoms with Gasteiger partial charge in [-0.15, -0.1) is 0 Å². The Morgan fingerprint density at radius 2 is 2.08 bits per heavy atom. The first-order chi connectivity index (χ1) is 6.11. The summed E-state index contributed by atoms with van der Waals surface area (Å²) >= 11 is 0. The molecule has 0 heterocycles. The maximum atomic E-state index is 11.1. The highest BCUT2D eigenvalue weighted by Crippen LogP contribution is 2.12. The van der Waals surface area contributed by atoms with Gasteiger partial charge in [0.25, 0.3) is 0 Å². The van der Waals surface area contributed by atoms with Crippen LogP contribution in [0, 0.1) is 23.2 Å². The monoisotopic (exact) mass is 183 g/mol. The Kier molecular flexibility index (Phi) is 5.96. The lowest BCUT2D eigenvalue weighted by molar-refractivity contribution is -0.146. The predicted octanol–water partition coefficient (Wildman–Crippen LogP) is 2.13. The second-order valence-corrected chi connectivity index (χ2v) is 3.40. The summed E-state index contributed by atoms with van der Waals surface area (Å²) in [5.74, 6) is -0.446. The highest BCUT2D eigenvalue weighted by Gasteiger charge is 2.18. The zero-order valence-electron chi connectivity index (χ0n) is 8.54. The molecule has 3 nitrogen and oxygen atoms in total. The standard InChI is InChI=1S/C10H17NO2/c1-4-13-10(12)9(7-11)6-5-8(2)3/h8-9H,4-6H2,1-3H3/t9-/m0/s1. The maximum Gasteiger partial charge on any atom is 0.323 e. The molecule has 0 aliphatic carbocycles. The van der Waals surface area contributed by atoms with Crippen molar-refractivity contribution in [2.24, 2.45) is 11.8 Å². The zero-order chi connectivity index (χ0) is 10.3. The molecule has 0 saturated carbocycles. The minimum absolute atomic E-state index is 0.346. The third-order valence-corrected chi connectivity index (χ3v) is 1.76. The molecule has 0 fully saturated rings. The minimum Gasteiger partial charge on any atom is -0.465 e. The fourth-order valence-electron chi connectivity index (χ4n) is 0.978. The Morgan fingerprint density at radius 3 is 2.46 bits per heavy atom. The molecular weight excluding hydrogens is 166 g/mol. The molecule has 74 valence electrons. The lowest BCUT2D eigenvalue weighted by Crippen LogP contribution is -2.16. The highest BCUT2D eigenvalue weighted by atomic mass is 16.5. The summed E-state index contributed by atoms with van der Waals surface area (Å²) < 4.78 is 4.77. The molecule has 0 N–H and O–H groups in total. The smallest absolute Gasteiger partial charge is 0.323 e. The van der Waals surface area contributed by atoms with Crippen LogP contribution in [0.15, 0.2) is 0 Å². The van der Waals surface area contributed by atoms with Gasteiger partial charge in [-0.3, -0.25) is 4.79 Å². The van der Waals surface area contributed by atoms with Crippen LogP contribution in [-0.4, -0.2) is 12.6 Å². The van der Waals surface area contributed by atoms with Gasteiger partial charge in [-0.2, -0.15) is 5.26 Å². The van der Waals surface area contributed by atoms with Crippen LogP contribution < -0.4 is 0 Å². The second kappa shape index (κ2) is 6.47. The van der Waals surface area contributed by atoms with Crippen LogP contribution >= 0.6 is 0 Å². The van der Waals surface area contributed by atoms with Gasteiger partial charge in [0, 0.05) is 0 Å². The van der Waals surface area contributed by atoms with Gasteiger partial charge in [-0.25, -0.2) is 0 Å². The molecule has 0 aliphatic heterocycles. The van der Waals surface area contributed by atoms with E-state index in [1.54, 1.807) is 6.92 Å². The summed E-state index contributed by atoms with van der Waals surface area (Å²) in [4.78, 5) is 11.1. The quantitative estimate of drug-likeness (QED) is 0.613. The number of carbonyl (C=O) groups excluding carboxylic acids is 1.